The summed E-state index contributed by atoms with van der Waals surface area (Å²) in [6, 6.07) is 18.2. The largest absolute Gasteiger partial charge is 0.423 e. The minimum Gasteiger partial charge on any atom is -0.423 e. The first kappa shape index (κ1) is 15.5. The topological polar surface area (TPSA) is 42.2 Å². The summed E-state index contributed by atoms with van der Waals surface area (Å²) in [6.07, 6.45) is 0.924. The van der Waals surface area contributed by atoms with Crippen molar-refractivity contribution in [2.75, 3.05) is 0 Å². The first-order valence-electron chi connectivity index (χ1n) is 8.01. The van der Waals surface area contributed by atoms with E-state index in [2.05, 4.69) is 37.4 Å². The van der Waals surface area contributed by atoms with Crippen LogP contribution in [0.2, 0.25) is 0 Å². The molecule has 0 saturated heterocycles. The number of hydrogen-bond acceptors (Lipinski definition) is 3. The highest BCUT2D eigenvalue weighted by Crippen LogP contribution is 2.20. The van der Waals surface area contributed by atoms with E-state index >= 15 is 0 Å². The first-order chi connectivity index (χ1) is 11.2. The van der Waals surface area contributed by atoms with E-state index in [4.69, 9.17) is 4.42 Å². The van der Waals surface area contributed by atoms with E-state index in [1.165, 1.54) is 11.1 Å². The minimum absolute atomic E-state index is 0.216. The van der Waals surface area contributed by atoms with Crippen LogP contribution in [0, 0.1) is 0 Å². The monoisotopic (exact) mass is 307 g/mol. The van der Waals surface area contributed by atoms with Crippen molar-refractivity contribution in [3.63, 3.8) is 0 Å². The van der Waals surface area contributed by atoms with Crippen LogP contribution < -0.4 is 10.9 Å². The molecule has 0 radical (unpaired) electrons. The lowest BCUT2D eigenvalue weighted by Gasteiger charge is -2.15. The SMILES string of the molecule is CCc1ccc2c(CN[C@H](C)c3ccccc3)cc(=O)oc2c1. The van der Waals surface area contributed by atoms with E-state index in [9.17, 15) is 4.79 Å². The van der Waals surface area contributed by atoms with Crippen LogP contribution in [0.3, 0.4) is 0 Å². The van der Waals surface area contributed by atoms with Crippen molar-refractivity contribution in [3.05, 3.63) is 81.7 Å². The molecule has 2 aromatic carbocycles. The van der Waals surface area contributed by atoms with Crippen molar-refractivity contribution < 1.29 is 4.42 Å². The fourth-order valence-corrected chi connectivity index (χ4v) is 2.76. The van der Waals surface area contributed by atoms with E-state index < -0.39 is 0 Å². The Hall–Kier alpha value is -2.39. The molecule has 3 aromatic rings. The predicted octanol–water partition coefficient (Wildman–Crippen LogP) is 4.21. The second-order valence-corrected chi connectivity index (χ2v) is 5.79. The van der Waals surface area contributed by atoms with Crippen molar-refractivity contribution in [1.29, 1.82) is 0 Å². The number of nitrogens with one attached hydrogen (secondary N) is 1. The lowest BCUT2D eigenvalue weighted by Crippen LogP contribution is -2.19. The zero-order chi connectivity index (χ0) is 16.2. The van der Waals surface area contributed by atoms with Crippen LogP contribution in [0.15, 0.2) is 63.8 Å². The van der Waals surface area contributed by atoms with Gasteiger partial charge in [0.15, 0.2) is 0 Å². The number of rotatable bonds is 5. The van der Waals surface area contributed by atoms with Gasteiger partial charge < -0.3 is 9.73 Å². The molecule has 3 rings (SSSR count). The molecule has 3 heteroatoms. The second kappa shape index (κ2) is 6.80. The van der Waals surface area contributed by atoms with Gasteiger partial charge in [-0.15, -0.1) is 0 Å². The Bertz CT molecular complexity index is 852. The van der Waals surface area contributed by atoms with Gasteiger partial charge in [-0.3, -0.25) is 0 Å². The molecule has 0 aliphatic heterocycles. The summed E-state index contributed by atoms with van der Waals surface area (Å²) < 4.78 is 5.35. The molecule has 0 amide bonds. The van der Waals surface area contributed by atoms with Gasteiger partial charge in [-0.25, -0.2) is 4.79 Å². The molecule has 0 unspecified atom stereocenters. The summed E-state index contributed by atoms with van der Waals surface area (Å²) in [6.45, 7) is 4.84. The van der Waals surface area contributed by atoms with Crippen molar-refractivity contribution in [2.24, 2.45) is 0 Å². The zero-order valence-electron chi connectivity index (χ0n) is 13.5. The van der Waals surface area contributed by atoms with Crippen LogP contribution >= 0.6 is 0 Å². The molecule has 0 aliphatic rings. The summed E-state index contributed by atoms with van der Waals surface area (Å²) >= 11 is 0. The van der Waals surface area contributed by atoms with Crippen molar-refractivity contribution >= 4 is 11.0 Å². The van der Waals surface area contributed by atoms with Crippen molar-refractivity contribution in [2.45, 2.75) is 32.9 Å². The van der Waals surface area contributed by atoms with Crippen LogP contribution in [0.5, 0.6) is 0 Å². The molecule has 1 aromatic heterocycles. The molecule has 0 fully saturated rings. The van der Waals surface area contributed by atoms with E-state index in [-0.39, 0.29) is 11.7 Å². The second-order valence-electron chi connectivity index (χ2n) is 5.79. The summed E-state index contributed by atoms with van der Waals surface area (Å²) in [7, 11) is 0. The molecule has 1 atom stereocenters. The lowest BCUT2D eigenvalue weighted by atomic mass is 10.0. The Morgan fingerprint density at radius 2 is 1.87 bits per heavy atom. The van der Waals surface area contributed by atoms with Crippen LogP contribution in [-0.2, 0) is 13.0 Å². The van der Waals surface area contributed by atoms with Gasteiger partial charge in [-0.2, -0.15) is 0 Å². The maximum Gasteiger partial charge on any atom is 0.336 e. The molecule has 0 aliphatic carbocycles. The third-order valence-corrected chi connectivity index (χ3v) is 4.20. The standard InChI is InChI=1S/C20H21NO2/c1-3-15-9-10-18-17(12-20(22)23-19(18)11-15)13-21-14(2)16-7-5-4-6-8-16/h4-12,14,21H,3,13H2,1-2H3/t14-/m1/s1. The number of aryl methyl sites for hydroxylation is 1. The van der Waals surface area contributed by atoms with Crippen LogP contribution in [0.1, 0.15) is 36.6 Å². The Kier molecular flexibility index (Phi) is 4.58. The number of hydrogen-bond donors (Lipinski definition) is 1. The zero-order valence-corrected chi connectivity index (χ0v) is 13.5. The van der Waals surface area contributed by atoms with Gasteiger partial charge >= 0.3 is 5.63 Å². The lowest BCUT2D eigenvalue weighted by molar-refractivity contribution is 0.547. The fourth-order valence-electron chi connectivity index (χ4n) is 2.76. The Morgan fingerprint density at radius 3 is 2.61 bits per heavy atom. The molecule has 118 valence electrons. The molecular formula is C20H21NO2. The van der Waals surface area contributed by atoms with E-state index in [1.807, 2.05) is 30.3 Å². The summed E-state index contributed by atoms with van der Waals surface area (Å²) in [5.74, 6) is 0. The van der Waals surface area contributed by atoms with Crippen LogP contribution in [0.25, 0.3) is 11.0 Å². The number of benzene rings is 2. The highest BCUT2D eigenvalue weighted by atomic mass is 16.4. The summed E-state index contributed by atoms with van der Waals surface area (Å²) in [5.41, 5.74) is 3.74. The first-order valence-corrected chi connectivity index (χ1v) is 8.01. The molecule has 1 N–H and O–H groups in total. The molecular weight excluding hydrogens is 286 g/mol. The van der Waals surface area contributed by atoms with Crippen LogP contribution in [-0.4, -0.2) is 0 Å². The average molecular weight is 307 g/mol. The summed E-state index contributed by atoms with van der Waals surface area (Å²) in [4.78, 5) is 11.8. The molecule has 1 heterocycles. The Balaban J connectivity index is 1.86. The number of fused-ring (bicyclic) bond motifs is 1. The van der Waals surface area contributed by atoms with Crippen molar-refractivity contribution in [3.8, 4) is 0 Å². The van der Waals surface area contributed by atoms with E-state index in [0.717, 1.165) is 17.4 Å². The van der Waals surface area contributed by atoms with Gasteiger partial charge in [0, 0.05) is 24.0 Å². The van der Waals surface area contributed by atoms with Crippen molar-refractivity contribution in [1.82, 2.24) is 5.32 Å². The van der Waals surface area contributed by atoms with Gasteiger partial charge in [-0.1, -0.05) is 49.4 Å². The van der Waals surface area contributed by atoms with Gasteiger partial charge in [0.2, 0.25) is 0 Å². The molecule has 0 saturated carbocycles. The molecule has 0 bridgehead atoms. The Morgan fingerprint density at radius 1 is 1.09 bits per heavy atom. The maximum absolute atomic E-state index is 11.8. The highest BCUT2D eigenvalue weighted by Gasteiger charge is 2.09. The Labute approximate surface area is 136 Å². The molecule has 0 spiro atoms. The smallest absolute Gasteiger partial charge is 0.336 e. The van der Waals surface area contributed by atoms with Gasteiger partial charge in [0.25, 0.3) is 0 Å². The van der Waals surface area contributed by atoms with Gasteiger partial charge in [0.05, 0.1) is 0 Å². The van der Waals surface area contributed by atoms with E-state index in [1.54, 1.807) is 6.07 Å². The van der Waals surface area contributed by atoms with Crippen LogP contribution in [0.4, 0.5) is 0 Å². The third-order valence-electron chi connectivity index (χ3n) is 4.20. The highest BCUT2D eigenvalue weighted by molar-refractivity contribution is 5.80. The normalized spacial score (nSPS) is 12.4. The predicted molar refractivity (Wildman–Crippen MR) is 93.6 cm³/mol. The fraction of sp³-hybridized carbons (Fsp3) is 0.250. The minimum atomic E-state index is -0.296. The summed E-state index contributed by atoms with van der Waals surface area (Å²) in [5, 5.41) is 4.48. The maximum atomic E-state index is 11.8. The quantitative estimate of drug-likeness (QED) is 0.718. The molecule has 23 heavy (non-hydrogen) atoms. The third kappa shape index (κ3) is 3.51. The van der Waals surface area contributed by atoms with E-state index in [0.29, 0.717) is 12.1 Å². The molecule has 3 nitrogen and oxygen atoms in total. The van der Waals surface area contributed by atoms with Gasteiger partial charge in [-0.05, 0) is 36.1 Å². The van der Waals surface area contributed by atoms with Gasteiger partial charge in [0.1, 0.15) is 5.58 Å². The average Bonchev–Trinajstić information content (AvgIpc) is 2.59.